The highest BCUT2D eigenvalue weighted by atomic mass is 32.1. The molecular formula is C15H19N3O2S. The lowest BCUT2D eigenvalue weighted by molar-refractivity contribution is 0.220. The summed E-state index contributed by atoms with van der Waals surface area (Å²) in [6.07, 6.45) is 0.685. The van der Waals surface area contributed by atoms with Gasteiger partial charge in [0.25, 0.3) is 0 Å². The zero-order valence-corrected chi connectivity index (χ0v) is 12.7. The minimum atomic E-state index is -0.268. The summed E-state index contributed by atoms with van der Waals surface area (Å²) in [5, 5.41) is 17.2. The average Bonchev–Trinajstić information content (AvgIpc) is 2.97. The van der Waals surface area contributed by atoms with Gasteiger partial charge in [-0.3, -0.25) is 0 Å². The number of urea groups is 1. The van der Waals surface area contributed by atoms with Gasteiger partial charge >= 0.3 is 6.03 Å². The van der Waals surface area contributed by atoms with Crippen LogP contribution in [-0.2, 0) is 6.42 Å². The number of thiazole rings is 1. The van der Waals surface area contributed by atoms with Gasteiger partial charge in [0.2, 0.25) is 0 Å². The molecule has 0 saturated carbocycles. The van der Waals surface area contributed by atoms with Crippen molar-refractivity contribution in [3.8, 4) is 10.6 Å². The lowest BCUT2D eigenvalue weighted by Gasteiger charge is -2.11. The first kappa shape index (κ1) is 15.5. The summed E-state index contributed by atoms with van der Waals surface area (Å²) in [6, 6.07) is 9.52. The van der Waals surface area contributed by atoms with E-state index in [4.69, 9.17) is 5.11 Å². The molecule has 1 atom stereocenters. The Morgan fingerprint density at radius 2 is 2.14 bits per heavy atom. The Kier molecular flexibility index (Phi) is 5.71. The molecule has 0 aliphatic rings. The summed E-state index contributed by atoms with van der Waals surface area (Å²) in [6.45, 7) is 2.19. The second-order valence-corrected chi connectivity index (χ2v) is 5.60. The van der Waals surface area contributed by atoms with E-state index in [1.807, 2.05) is 35.7 Å². The highest BCUT2D eigenvalue weighted by molar-refractivity contribution is 7.13. The predicted molar refractivity (Wildman–Crippen MR) is 84.3 cm³/mol. The summed E-state index contributed by atoms with van der Waals surface area (Å²) in [5.74, 6) is 0. The molecule has 112 valence electrons. The molecule has 0 fully saturated rings. The van der Waals surface area contributed by atoms with Crippen molar-refractivity contribution in [1.82, 2.24) is 15.6 Å². The molecule has 3 N–H and O–H groups in total. The topological polar surface area (TPSA) is 74.2 Å². The van der Waals surface area contributed by atoms with Gasteiger partial charge in [0.1, 0.15) is 5.01 Å². The third kappa shape index (κ3) is 4.84. The maximum atomic E-state index is 11.5. The number of hydrogen-bond donors (Lipinski definition) is 3. The highest BCUT2D eigenvalue weighted by Gasteiger charge is 2.07. The van der Waals surface area contributed by atoms with Crippen molar-refractivity contribution >= 4 is 17.4 Å². The first-order valence-electron chi connectivity index (χ1n) is 6.84. The van der Waals surface area contributed by atoms with Crippen molar-refractivity contribution in [2.45, 2.75) is 19.4 Å². The van der Waals surface area contributed by atoms with E-state index >= 15 is 0 Å². The van der Waals surface area contributed by atoms with Crippen LogP contribution >= 0.6 is 11.3 Å². The number of amides is 2. The lowest BCUT2D eigenvalue weighted by Crippen LogP contribution is -2.42. The number of hydrogen-bond acceptors (Lipinski definition) is 4. The fourth-order valence-corrected chi connectivity index (χ4v) is 2.62. The highest BCUT2D eigenvalue weighted by Crippen LogP contribution is 2.23. The number of nitrogens with zero attached hydrogens (tertiary/aromatic N) is 1. The molecule has 0 aliphatic heterocycles. The van der Waals surface area contributed by atoms with Crippen molar-refractivity contribution in [2.75, 3.05) is 13.2 Å². The van der Waals surface area contributed by atoms with Gasteiger partial charge < -0.3 is 15.7 Å². The van der Waals surface area contributed by atoms with Crippen LogP contribution < -0.4 is 10.6 Å². The van der Waals surface area contributed by atoms with Crippen LogP contribution in [0.1, 0.15) is 12.6 Å². The molecule has 0 aliphatic carbocycles. The Hall–Kier alpha value is -1.92. The molecule has 2 aromatic rings. The van der Waals surface area contributed by atoms with E-state index in [1.54, 1.807) is 18.3 Å². The van der Waals surface area contributed by atoms with Crippen LogP contribution in [-0.4, -0.2) is 35.3 Å². The lowest BCUT2D eigenvalue weighted by atomic mass is 10.2. The molecule has 1 unspecified atom stereocenters. The predicted octanol–water partition coefficient (Wildman–Crippen LogP) is 2.03. The van der Waals surface area contributed by atoms with E-state index in [1.165, 1.54) is 0 Å². The second kappa shape index (κ2) is 7.75. The maximum absolute atomic E-state index is 11.5. The number of aromatic nitrogens is 1. The fourth-order valence-electron chi connectivity index (χ4n) is 1.76. The van der Waals surface area contributed by atoms with E-state index in [0.717, 1.165) is 16.3 Å². The number of aliphatic hydroxyl groups excluding tert-OH is 1. The number of rotatable bonds is 6. The van der Waals surface area contributed by atoms with Gasteiger partial charge in [-0.25, -0.2) is 9.78 Å². The smallest absolute Gasteiger partial charge is 0.315 e. The number of carbonyl (C=O) groups is 1. The van der Waals surface area contributed by atoms with E-state index < -0.39 is 0 Å². The van der Waals surface area contributed by atoms with Crippen LogP contribution in [0.25, 0.3) is 10.6 Å². The van der Waals surface area contributed by atoms with E-state index in [9.17, 15) is 4.79 Å². The number of benzene rings is 1. The number of aliphatic hydroxyl groups is 1. The first-order chi connectivity index (χ1) is 10.2. The van der Waals surface area contributed by atoms with Crippen molar-refractivity contribution < 1.29 is 9.90 Å². The minimum Gasteiger partial charge on any atom is -0.394 e. The van der Waals surface area contributed by atoms with Gasteiger partial charge in [0.15, 0.2) is 0 Å². The molecule has 0 bridgehead atoms. The van der Waals surface area contributed by atoms with Crippen molar-refractivity contribution in [2.24, 2.45) is 0 Å². The molecule has 0 spiro atoms. The van der Waals surface area contributed by atoms with Crippen molar-refractivity contribution in [1.29, 1.82) is 0 Å². The zero-order chi connectivity index (χ0) is 15.1. The third-order valence-corrected chi connectivity index (χ3v) is 3.83. The van der Waals surface area contributed by atoms with Gasteiger partial charge in [-0.2, -0.15) is 0 Å². The fraction of sp³-hybridized carbons (Fsp3) is 0.333. The SMILES string of the molecule is CC(CO)NC(=O)NCCc1csc(-c2ccccc2)n1. The normalized spacial score (nSPS) is 11.9. The van der Waals surface area contributed by atoms with Crippen LogP contribution in [0.3, 0.4) is 0 Å². The molecule has 1 aromatic heterocycles. The van der Waals surface area contributed by atoms with Gasteiger partial charge in [0.05, 0.1) is 18.3 Å². The Balaban J connectivity index is 1.80. The van der Waals surface area contributed by atoms with E-state index in [2.05, 4.69) is 15.6 Å². The average molecular weight is 305 g/mol. The molecule has 0 radical (unpaired) electrons. The van der Waals surface area contributed by atoms with Crippen LogP contribution in [0.2, 0.25) is 0 Å². The standard InChI is InChI=1S/C15H19N3O2S/c1-11(9-19)17-15(20)16-8-7-13-10-21-14(18-13)12-5-3-2-4-6-12/h2-6,10-11,19H,7-9H2,1H3,(H2,16,17,20). The summed E-state index contributed by atoms with van der Waals surface area (Å²) >= 11 is 1.60. The van der Waals surface area contributed by atoms with Crippen molar-refractivity contribution in [3.05, 3.63) is 41.4 Å². The molecule has 21 heavy (non-hydrogen) atoms. The molecule has 0 saturated heterocycles. The molecule has 1 heterocycles. The second-order valence-electron chi connectivity index (χ2n) is 4.74. The summed E-state index contributed by atoms with van der Waals surface area (Å²) < 4.78 is 0. The summed E-state index contributed by atoms with van der Waals surface area (Å²) in [5.41, 5.74) is 2.07. The monoisotopic (exact) mass is 305 g/mol. The quantitative estimate of drug-likeness (QED) is 0.764. The Morgan fingerprint density at radius 1 is 1.38 bits per heavy atom. The molecule has 1 aromatic carbocycles. The maximum Gasteiger partial charge on any atom is 0.315 e. The molecule has 2 amide bonds. The van der Waals surface area contributed by atoms with Crippen LogP contribution in [0.4, 0.5) is 4.79 Å². The molecule has 5 nitrogen and oxygen atoms in total. The minimum absolute atomic E-state index is 0.0695. The Morgan fingerprint density at radius 3 is 2.86 bits per heavy atom. The molecule has 2 rings (SSSR count). The van der Waals surface area contributed by atoms with Gasteiger partial charge in [-0.1, -0.05) is 30.3 Å². The van der Waals surface area contributed by atoms with Crippen LogP contribution in [0, 0.1) is 0 Å². The number of carbonyl (C=O) groups excluding carboxylic acids is 1. The third-order valence-electron chi connectivity index (χ3n) is 2.89. The van der Waals surface area contributed by atoms with E-state index in [0.29, 0.717) is 13.0 Å². The van der Waals surface area contributed by atoms with Gasteiger partial charge in [-0.15, -0.1) is 11.3 Å². The van der Waals surface area contributed by atoms with Crippen LogP contribution in [0.5, 0.6) is 0 Å². The van der Waals surface area contributed by atoms with Gasteiger partial charge in [0, 0.05) is 23.9 Å². The Bertz CT molecular complexity index is 571. The van der Waals surface area contributed by atoms with Crippen molar-refractivity contribution in [3.63, 3.8) is 0 Å². The Labute approximate surface area is 128 Å². The van der Waals surface area contributed by atoms with Gasteiger partial charge in [-0.05, 0) is 6.92 Å². The summed E-state index contributed by atoms with van der Waals surface area (Å²) in [4.78, 5) is 16.0. The van der Waals surface area contributed by atoms with Crippen LogP contribution in [0.15, 0.2) is 35.7 Å². The summed E-state index contributed by atoms with van der Waals surface area (Å²) in [7, 11) is 0. The van der Waals surface area contributed by atoms with E-state index in [-0.39, 0.29) is 18.7 Å². The number of nitrogens with one attached hydrogen (secondary N) is 2. The molecular weight excluding hydrogens is 286 g/mol. The molecule has 6 heteroatoms. The zero-order valence-electron chi connectivity index (χ0n) is 11.9. The first-order valence-corrected chi connectivity index (χ1v) is 7.72. The largest absolute Gasteiger partial charge is 0.394 e.